The van der Waals surface area contributed by atoms with Gasteiger partial charge in [0.2, 0.25) is 0 Å². The van der Waals surface area contributed by atoms with E-state index in [1.54, 1.807) is 0 Å². The maximum Gasteiger partial charge on any atom is 0.0615 e. The van der Waals surface area contributed by atoms with Crippen LogP contribution in [-0.2, 0) is 0 Å². The number of likely N-dealkylation sites (N-methyl/N-ethyl adjacent to an activating group) is 1. The maximum atomic E-state index is 9.70. The van der Waals surface area contributed by atoms with Crippen LogP contribution in [-0.4, -0.2) is 35.3 Å². The third-order valence-corrected chi connectivity index (χ3v) is 6.82. The molecule has 2 saturated carbocycles. The van der Waals surface area contributed by atoms with Gasteiger partial charge in [-0.15, -0.1) is 0 Å². The highest BCUT2D eigenvalue weighted by molar-refractivity contribution is 7.99. The molecule has 0 bridgehead atoms. The molecule has 2 aliphatic rings. The van der Waals surface area contributed by atoms with E-state index in [2.05, 4.69) is 24.0 Å². The topological polar surface area (TPSA) is 32.3 Å². The first-order chi connectivity index (χ1) is 9.20. The first-order valence-corrected chi connectivity index (χ1v) is 9.16. The number of thioether (sulfide) groups is 1. The number of nitrogens with one attached hydrogen (secondary N) is 1. The van der Waals surface area contributed by atoms with Gasteiger partial charge in [-0.3, -0.25) is 0 Å². The van der Waals surface area contributed by atoms with Gasteiger partial charge in [0.05, 0.1) is 6.61 Å². The van der Waals surface area contributed by atoms with E-state index in [-0.39, 0.29) is 5.54 Å². The summed E-state index contributed by atoms with van der Waals surface area (Å²) in [6.07, 6.45) is 10.7. The Kier molecular flexibility index (Phi) is 6.04. The Morgan fingerprint density at radius 3 is 2.79 bits per heavy atom. The molecule has 3 heteroatoms. The van der Waals surface area contributed by atoms with Crippen molar-refractivity contribution in [3.8, 4) is 0 Å². The van der Waals surface area contributed by atoms with Crippen molar-refractivity contribution in [2.75, 3.05) is 19.4 Å². The zero-order valence-corrected chi connectivity index (χ0v) is 13.5. The summed E-state index contributed by atoms with van der Waals surface area (Å²) in [7, 11) is 2.02. The fourth-order valence-corrected chi connectivity index (χ4v) is 5.64. The Hall–Kier alpha value is 0.270. The van der Waals surface area contributed by atoms with Gasteiger partial charge in [-0.1, -0.05) is 26.2 Å². The monoisotopic (exact) mass is 285 g/mol. The largest absolute Gasteiger partial charge is 0.394 e. The van der Waals surface area contributed by atoms with E-state index >= 15 is 0 Å². The molecule has 2 aliphatic carbocycles. The summed E-state index contributed by atoms with van der Waals surface area (Å²) in [4.78, 5) is 0. The van der Waals surface area contributed by atoms with Crippen LogP contribution in [0.3, 0.4) is 0 Å². The van der Waals surface area contributed by atoms with E-state index in [0.29, 0.717) is 12.5 Å². The van der Waals surface area contributed by atoms with E-state index in [1.807, 2.05) is 7.05 Å². The molecule has 2 nitrogen and oxygen atoms in total. The number of hydrogen-bond acceptors (Lipinski definition) is 3. The van der Waals surface area contributed by atoms with Gasteiger partial charge in [-0.25, -0.2) is 0 Å². The first kappa shape index (κ1) is 15.7. The van der Waals surface area contributed by atoms with Gasteiger partial charge in [-0.05, 0) is 56.7 Å². The summed E-state index contributed by atoms with van der Waals surface area (Å²) in [5, 5.41) is 14.0. The molecule has 0 radical (unpaired) electrons. The van der Waals surface area contributed by atoms with Crippen molar-refractivity contribution in [1.82, 2.24) is 5.32 Å². The quantitative estimate of drug-likeness (QED) is 0.784. The van der Waals surface area contributed by atoms with Gasteiger partial charge in [0, 0.05) is 10.8 Å². The zero-order chi connectivity index (χ0) is 13.7. The lowest BCUT2D eigenvalue weighted by atomic mass is 9.86. The van der Waals surface area contributed by atoms with Crippen molar-refractivity contribution < 1.29 is 5.11 Å². The van der Waals surface area contributed by atoms with Gasteiger partial charge >= 0.3 is 0 Å². The van der Waals surface area contributed by atoms with E-state index in [0.717, 1.165) is 17.6 Å². The van der Waals surface area contributed by atoms with Crippen molar-refractivity contribution in [2.24, 2.45) is 11.8 Å². The van der Waals surface area contributed by atoms with Crippen molar-refractivity contribution in [1.29, 1.82) is 0 Å². The predicted molar refractivity (Wildman–Crippen MR) is 84.7 cm³/mol. The second-order valence-electron chi connectivity index (χ2n) is 6.71. The molecule has 4 unspecified atom stereocenters. The van der Waals surface area contributed by atoms with Crippen LogP contribution in [0.1, 0.15) is 58.3 Å². The van der Waals surface area contributed by atoms with Gasteiger partial charge < -0.3 is 10.4 Å². The molecule has 0 spiro atoms. The van der Waals surface area contributed by atoms with Crippen molar-refractivity contribution in [2.45, 2.75) is 69.1 Å². The Bertz CT molecular complexity index is 267. The van der Waals surface area contributed by atoms with E-state index in [1.165, 1.54) is 50.7 Å². The second-order valence-corrected chi connectivity index (χ2v) is 8.11. The average Bonchev–Trinajstić information content (AvgIpc) is 2.82. The molecule has 0 heterocycles. The minimum absolute atomic E-state index is 0.0282. The molecule has 19 heavy (non-hydrogen) atoms. The molecule has 2 N–H and O–H groups in total. The molecule has 4 atom stereocenters. The van der Waals surface area contributed by atoms with Gasteiger partial charge in [0.15, 0.2) is 0 Å². The Morgan fingerprint density at radius 1 is 1.26 bits per heavy atom. The summed E-state index contributed by atoms with van der Waals surface area (Å²) >= 11 is 2.20. The number of hydrogen-bond donors (Lipinski definition) is 2. The van der Waals surface area contributed by atoms with E-state index in [4.69, 9.17) is 0 Å². The third-order valence-electron chi connectivity index (χ3n) is 5.45. The highest BCUT2D eigenvalue weighted by atomic mass is 32.2. The van der Waals surface area contributed by atoms with Crippen LogP contribution in [0.5, 0.6) is 0 Å². The van der Waals surface area contributed by atoms with Crippen LogP contribution >= 0.6 is 11.8 Å². The highest BCUT2D eigenvalue weighted by Gasteiger charge is 2.40. The molecule has 0 aromatic heterocycles. The van der Waals surface area contributed by atoms with Gasteiger partial charge in [0.25, 0.3) is 0 Å². The first-order valence-electron chi connectivity index (χ1n) is 8.11. The fourth-order valence-electron chi connectivity index (χ4n) is 4.09. The predicted octanol–water partition coefficient (Wildman–Crippen LogP) is 3.44. The number of aliphatic hydroxyl groups is 1. The minimum atomic E-state index is 0.0282. The summed E-state index contributed by atoms with van der Waals surface area (Å²) < 4.78 is 0. The molecule has 0 amide bonds. The standard InChI is InChI=1S/C16H31NOS/c1-13-5-3-7-15(11-13)19-10-8-14-6-4-9-16(14,12-18)17-2/h13-15,17-18H,3-12H2,1-2H3. The van der Waals surface area contributed by atoms with Crippen LogP contribution in [0.2, 0.25) is 0 Å². The number of aliphatic hydroxyl groups excluding tert-OH is 1. The van der Waals surface area contributed by atoms with Crippen LogP contribution in [0.25, 0.3) is 0 Å². The smallest absolute Gasteiger partial charge is 0.0615 e. The van der Waals surface area contributed by atoms with Crippen molar-refractivity contribution in [3.05, 3.63) is 0 Å². The van der Waals surface area contributed by atoms with Gasteiger partial charge in [0.1, 0.15) is 0 Å². The minimum Gasteiger partial charge on any atom is -0.394 e. The molecule has 0 aliphatic heterocycles. The second kappa shape index (κ2) is 7.33. The SMILES string of the molecule is CNC1(CO)CCCC1CCSC1CCCC(C)C1. The summed E-state index contributed by atoms with van der Waals surface area (Å²) in [6, 6.07) is 0. The molecule has 0 saturated heterocycles. The van der Waals surface area contributed by atoms with Crippen molar-refractivity contribution in [3.63, 3.8) is 0 Å². The Morgan fingerprint density at radius 2 is 2.11 bits per heavy atom. The maximum absolute atomic E-state index is 9.70. The third kappa shape index (κ3) is 3.89. The van der Waals surface area contributed by atoms with Crippen LogP contribution in [0, 0.1) is 11.8 Å². The van der Waals surface area contributed by atoms with E-state index in [9.17, 15) is 5.11 Å². The highest BCUT2D eigenvalue weighted by Crippen LogP contribution is 2.39. The molecule has 0 aromatic rings. The zero-order valence-electron chi connectivity index (χ0n) is 12.7. The van der Waals surface area contributed by atoms with Crippen LogP contribution in [0.4, 0.5) is 0 Å². The molecule has 2 rings (SSSR count). The van der Waals surface area contributed by atoms with Crippen LogP contribution in [0.15, 0.2) is 0 Å². The average molecular weight is 285 g/mol. The molecular weight excluding hydrogens is 254 g/mol. The Labute approximate surface area is 123 Å². The normalized spacial score (nSPS) is 39.6. The van der Waals surface area contributed by atoms with Crippen LogP contribution < -0.4 is 5.32 Å². The van der Waals surface area contributed by atoms with Crippen molar-refractivity contribution >= 4 is 11.8 Å². The lowest BCUT2D eigenvalue weighted by Gasteiger charge is -2.34. The molecule has 112 valence electrons. The molecule has 2 fully saturated rings. The molecule has 0 aromatic carbocycles. The van der Waals surface area contributed by atoms with E-state index < -0.39 is 0 Å². The summed E-state index contributed by atoms with van der Waals surface area (Å²) in [5.41, 5.74) is 0.0282. The summed E-state index contributed by atoms with van der Waals surface area (Å²) in [5.74, 6) is 2.90. The lowest BCUT2D eigenvalue weighted by molar-refractivity contribution is 0.130. The van der Waals surface area contributed by atoms with Gasteiger partial charge in [-0.2, -0.15) is 11.8 Å². The summed E-state index contributed by atoms with van der Waals surface area (Å²) in [6.45, 7) is 2.71. The fraction of sp³-hybridized carbons (Fsp3) is 1.00. The Balaban J connectivity index is 1.73. The lowest BCUT2D eigenvalue weighted by Crippen LogP contribution is -2.49. The number of rotatable bonds is 6. The molecular formula is C16H31NOS.